The van der Waals surface area contributed by atoms with Gasteiger partial charge in [0.2, 0.25) is 5.91 Å². The van der Waals surface area contributed by atoms with Crippen LogP contribution in [0.25, 0.3) is 11.8 Å². The van der Waals surface area contributed by atoms with E-state index < -0.39 is 0 Å². The molecule has 1 aliphatic heterocycles. The summed E-state index contributed by atoms with van der Waals surface area (Å²) in [6, 6.07) is 14.4. The van der Waals surface area contributed by atoms with Gasteiger partial charge < -0.3 is 10.1 Å². The molecule has 1 aromatic carbocycles. The first-order chi connectivity index (χ1) is 15.1. The third-order valence-corrected chi connectivity index (χ3v) is 6.55. The van der Waals surface area contributed by atoms with Crippen LogP contribution < -0.4 is 5.32 Å². The number of thiophene rings is 1. The maximum absolute atomic E-state index is 12.6. The number of aryl methyl sites for hydroxylation is 1. The number of hydrogen-bond donors (Lipinski definition) is 1. The Hall–Kier alpha value is -2.74. The molecule has 162 valence electrons. The standard InChI is InChI=1S/C24H28N4O2S/c1-18-21(19(2)28(26-18)20-7-4-3-5-8-20)10-11-24(29)25-17-22(23-9-6-16-31-23)27-12-14-30-15-13-27/h3-11,16,22H,12-15,17H2,1-2H3,(H,25,29)/b11-10+/t22-/m1/s1. The second-order valence-corrected chi connectivity index (χ2v) is 8.57. The van der Waals surface area contributed by atoms with Crippen LogP contribution in [-0.4, -0.2) is 53.4 Å². The Morgan fingerprint density at radius 3 is 2.68 bits per heavy atom. The van der Waals surface area contributed by atoms with Crippen LogP contribution >= 0.6 is 11.3 Å². The molecule has 1 saturated heterocycles. The molecule has 1 atom stereocenters. The van der Waals surface area contributed by atoms with Gasteiger partial charge in [-0.15, -0.1) is 11.3 Å². The Balaban J connectivity index is 1.43. The summed E-state index contributed by atoms with van der Waals surface area (Å²) in [5.74, 6) is -0.0962. The summed E-state index contributed by atoms with van der Waals surface area (Å²) in [4.78, 5) is 16.3. The quantitative estimate of drug-likeness (QED) is 0.573. The molecule has 0 unspecified atom stereocenters. The SMILES string of the molecule is Cc1nn(-c2ccccc2)c(C)c1/C=C/C(=O)NC[C@H](c1cccs1)N1CCOCC1. The van der Waals surface area contributed by atoms with E-state index in [1.54, 1.807) is 17.4 Å². The van der Waals surface area contributed by atoms with Gasteiger partial charge in [0.15, 0.2) is 0 Å². The highest BCUT2D eigenvalue weighted by Gasteiger charge is 2.23. The van der Waals surface area contributed by atoms with E-state index in [4.69, 9.17) is 4.74 Å². The van der Waals surface area contributed by atoms with E-state index in [0.29, 0.717) is 6.54 Å². The van der Waals surface area contributed by atoms with E-state index in [9.17, 15) is 4.79 Å². The third kappa shape index (κ3) is 5.12. The lowest BCUT2D eigenvalue weighted by Crippen LogP contribution is -2.43. The predicted molar refractivity (Wildman–Crippen MR) is 125 cm³/mol. The van der Waals surface area contributed by atoms with Crippen molar-refractivity contribution in [2.24, 2.45) is 0 Å². The van der Waals surface area contributed by atoms with Crippen LogP contribution in [0.15, 0.2) is 53.9 Å². The minimum Gasteiger partial charge on any atom is -0.379 e. The normalized spacial score (nSPS) is 15.9. The molecule has 0 aliphatic carbocycles. The summed E-state index contributed by atoms with van der Waals surface area (Å²) in [5.41, 5.74) is 3.89. The van der Waals surface area contributed by atoms with Crippen LogP contribution in [0.3, 0.4) is 0 Å². The van der Waals surface area contributed by atoms with Gasteiger partial charge in [-0.25, -0.2) is 4.68 Å². The molecule has 1 amide bonds. The van der Waals surface area contributed by atoms with Gasteiger partial charge in [0.05, 0.1) is 30.6 Å². The topological polar surface area (TPSA) is 59.4 Å². The maximum Gasteiger partial charge on any atom is 0.244 e. The number of benzene rings is 1. The van der Waals surface area contributed by atoms with Crippen molar-refractivity contribution in [2.75, 3.05) is 32.8 Å². The first kappa shape index (κ1) is 21.5. The highest BCUT2D eigenvalue weighted by atomic mass is 32.1. The van der Waals surface area contributed by atoms with E-state index in [1.165, 1.54) is 4.88 Å². The van der Waals surface area contributed by atoms with Gasteiger partial charge in [0, 0.05) is 41.8 Å². The number of hydrogen-bond acceptors (Lipinski definition) is 5. The molecule has 2 aromatic heterocycles. The van der Waals surface area contributed by atoms with E-state index in [-0.39, 0.29) is 11.9 Å². The number of amides is 1. The van der Waals surface area contributed by atoms with Crippen LogP contribution in [0, 0.1) is 13.8 Å². The Morgan fingerprint density at radius 2 is 1.97 bits per heavy atom. The smallest absolute Gasteiger partial charge is 0.244 e. The van der Waals surface area contributed by atoms with Gasteiger partial charge in [-0.2, -0.15) is 5.10 Å². The zero-order valence-corrected chi connectivity index (χ0v) is 18.8. The molecule has 3 heterocycles. The average Bonchev–Trinajstić information content (AvgIpc) is 3.42. The van der Waals surface area contributed by atoms with Crippen molar-refractivity contribution in [2.45, 2.75) is 19.9 Å². The molecule has 0 radical (unpaired) electrons. The van der Waals surface area contributed by atoms with Crippen LogP contribution in [0.1, 0.15) is 27.9 Å². The number of rotatable bonds is 7. The summed E-state index contributed by atoms with van der Waals surface area (Å²) in [5, 5.41) is 9.82. The van der Waals surface area contributed by atoms with Crippen molar-refractivity contribution in [3.63, 3.8) is 0 Å². The van der Waals surface area contributed by atoms with E-state index >= 15 is 0 Å². The fraction of sp³-hybridized carbons (Fsp3) is 0.333. The number of aromatic nitrogens is 2. The molecular weight excluding hydrogens is 408 g/mol. The van der Waals surface area contributed by atoms with E-state index in [2.05, 4.69) is 32.8 Å². The number of para-hydroxylation sites is 1. The molecule has 1 fully saturated rings. The Labute approximate surface area is 187 Å². The number of carbonyl (C=O) groups excluding carboxylic acids is 1. The number of ether oxygens (including phenoxy) is 1. The van der Waals surface area contributed by atoms with Gasteiger partial charge in [0.25, 0.3) is 0 Å². The molecule has 1 N–H and O–H groups in total. The maximum atomic E-state index is 12.6. The summed E-state index contributed by atoms with van der Waals surface area (Å²) in [6.45, 7) is 7.80. The molecule has 0 spiro atoms. The monoisotopic (exact) mass is 436 g/mol. The lowest BCUT2D eigenvalue weighted by Gasteiger charge is -2.34. The zero-order valence-electron chi connectivity index (χ0n) is 18.0. The minimum absolute atomic E-state index is 0.0962. The van der Waals surface area contributed by atoms with Gasteiger partial charge >= 0.3 is 0 Å². The molecule has 4 rings (SSSR count). The highest BCUT2D eigenvalue weighted by molar-refractivity contribution is 7.10. The summed E-state index contributed by atoms with van der Waals surface area (Å²) in [6.07, 6.45) is 3.47. The van der Waals surface area contributed by atoms with Crippen molar-refractivity contribution >= 4 is 23.3 Å². The average molecular weight is 437 g/mol. The molecule has 7 heteroatoms. The van der Waals surface area contributed by atoms with Crippen LogP contribution in [0.4, 0.5) is 0 Å². The van der Waals surface area contributed by atoms with Crippen LogP contribution in [0.2, 0.25) is 0 Å². The molecule has 3 aromatic rings. The summed E-state index contributed by atoms with van der Waals surface area (Å²) >= 11 is 1.73. The lowest BCUT2D eigenvalue weighted by molar-refractivity contribution is -0.116. The predicted octanol–water partition coefficient (Wildman–Crippen LogP) is 3.75. The second-order valence-electron chi connectivity index (χ2n) is 7.59. The molecule has 0 saturated carbocycles. The fourth-order valence-corrected chi connectivity index (χ4v) is 4.77. The zero-order chi connectivity index (χ0) is 21.6. The number of carbonyl (C=O) groups is 1. The fourth-order valence-electron chi connectivity index (χ4n) is 3.91. The van der Waals surface area contributed by atoms with Gasteiger partial charge in [-0.3, -0.25) is 9.69 Å². The molecule has 1 aliphatic rings. The summed E-state index contributed by atoms with van der Waals surface area (Å²) < 4.78 is 7.41. The van der Waals surface area contributed by atoms with Gasteiger partial charge in [-0.1, -0.05) is 24.3 Å². The van der Waals surface area contributed by atoms with E-state index in [1.807, 2.05) is 54.9 Å². The lowest BCUT2D eigenvalue weighted by atomic mass is 10.1. The first-order valence-corrected chi connectivity index (χ1v) is 11.4. The second kappa shape index (κ2) is 10.0. The minimum atomic E-state index is -0.0962. The van der Waals surface area contributed by atoms with Crippen LogP contribution in [-0.2, 0) is 9.53 Å². The number of morpholine rings is 1. The van der Waals surface area contributed by atoms with Crippen molar-refractivity contribution in [1.29, 1.82) is 0 Å². The Morgan fingerprint density at radius 1 is 1.19 bits per heavy atom. The molecule has 6 nitrogen and oxygen atoms in total. The highest BCUT2D eigenvalue weighted by Crippen LogP contribution is 2.25. The van der Waals surface area contributed by atoms with Gasteiger partial charge in [-0.05, 0) is 43.5 Å². The van der Waals surface area contributed by atoms with Gasteiger partial charge in [0.1, 0.15) is 0 Å². The number of nitrogens with one attached hydrogen (secondary N) is 1. The Kier molecular flexibility index (Phi) is 6.96. The molecule has 31 heavy (non-hydrogen) atoms. The van der Waals surface area contributed by atoms with Crippen molar-refractivity contribution in [3.05, 3.63) is 75.7 Å². The molecular formula is C24H28N4O2S. The number of nitrogens with zero attached hydrogens (tertiary/aromatic N) is 3. The Bertz CT molecular complexity index is 1020. The summed E-state index contributed by atoms with van der Waals surface area (Å²) in [7, 11) is 0. The first-order valence-electron chi connectivity index (χ1n) is 10.6. The van der Waals surface area contributed by atoms with Crippen molar-refractivity contribution in [1.82, 2.24) is 20.0 Å². The molecule has 0 bridgehead atoms. The van der Waals surface area contributed by atoms with E-state index in [0.717, 1.165) is 48.9 Å². The van der Waals surface area contributed by atoms with Crippen molar-refractivity contribution in [3.8, 4) is 5.69 Å². The van der Waals surface area contributed by atoms with Crippen LogP contribution in [0.5, 0.6) is 0 Å². The largest absolute Gasteiger partial charge is 0.379 e. The third-order valence-electron chi connectivity index (χ3n) is 5.58. The van der Waals surface area contributed by atoms with Crippen molar-refractivity contribution < 1.29 is 9.53 Å².